The van der Waals surface area contributed by atoms with Crippen molar-refractivity contribution in [2.24, 2.45) is 5.92 Å². The summed E-state index contributed by atoms with van der Waals surface area (Å²) in [6, 6.07) is 10.1. The Bertz CT molecular complexity index is 497. The smallest absolute Gasteiger partial charge is 0.221 e. The summed E-state index contributed by atoms with van der Waals surface area (Å²) in [6.07, 6.45) is 2.07. The molecule has 19 heavy (non-hydrogen) atoms. The van der Waals surface area contributed by atoms with Crippen LogP contribution in [-0.4, -0.2) is 32.9 Å². The minimum Gasteiger partial charge on any atom is -0.356 e. The van der Waals surface area contributed by atoms with Crippen molar-refractivity contribution in [2.75, 3.05) is 18.6 Å². The van der Waals surface area contributed by atoms with E-state index in [1.165, 1.54) is 5.56 Å². The molecule has 0 bridgehead atoms. The Morgan fingerprint density at radius 2 is 1.89 bits per heavy atom. The van der Waals surface area contributed by atoms with Gasteiger partial charge in [-0.3, -0.25) is 4.79 Å². The fourth-order valence-corrected chi connectivity index (χ4v) is 2.30. The number of amides is 1. The molecule has 5 heteroatoms. The molecule has 0 radical (unpaired) electrons. The topological polar surface area (TPSA) is 63.2 Å². The number of benzene rings is 1. The molecule has 0 aliphatic carbocycles. The first kappa shape index (κ1) is 15.7. The van der Waals surface area contributed by atoms with Crippen LogP contribution in [0.4, 0.5) is 0 Å². The van der Waals surface area contributed by atoms with Gasteiger partial charge in [-0.15, -0.1) is 0 Å². The van der Waals surface area contributed by atoms with Crippen molar-refractivity contribution in [3.63, 3.8) is 0 Å². The summed E-state index contributed by atoms with van der Waals surface area (Å²) < 4.78 is 21.9. The summed E-state index contributed by atoms with van der Waals surface area (Å²) in [7, 11) is -3.07. The van der Waals surface area contributed by atoms with Crippen LogP contribution in [0.15, 0.2) is 30.3 Å². The van der Waals surface area contributed by atoms with E-state index in [2.05, 4.69) is 24.4 Å². The highest BCUT2D eigenvalue weighted by Crippen LogP contribution is 2.07. The van der Waals surface area contributed by atoms with E-state index >= 15 is 0 Å². The van der Waals surface area contributed by atoms with E-state index in [4.69, 9.17) is 0 Å². The predicted octanol–water partition coefficient (Wildman–Crippen LogP) is 1.42. The highest BCUT2D eigenvalue weighted by molar-refractivity contribution is 7.90. The van der Waals surface area contributed by atoms with Crippen LogP contribution in [0.5, 0.6) is 0 Å². The standard InChI is InChI=1S/C14H21NO3S/c1-12(10-13-6-4-3-5-7-13)11-15-14(16)8-9-19(2,17)18/h3-7,12H,8-11H2,1-2H3,(H,15,16). The number of carbonyl (C=O) groups excluding carboxylic acids is 1. The van der Waals surface area contributed by atoms with Gasteiger partial charge in [-0.25, -0.2) is 8.42 Å². The number of hydrogen-bond acceptors (Lipinski definition) is 3. The molecule has 1 atom stereocenters. The lowest BCUT2D eigenvalue weighted by molar-refractivity contribution is -0.120. The lowest BCUT2D eigenvalue weighted by Crippen LogP contribution is -2.30. The van der Waals surface area contributed by atoms with Gasteiger partial charge in [0.25, 0.3) is 0 Å². The van der Waals surface area contributed by atoms with Crippen molar-refractivity contribution in [1.82, 2.24) is 5.32 Å². The highest BCUT2D eigenvalue weighted by atomic mass is 32.2. The van der Waals surface area contributed by atoms with Gasteiger partial charge in [-0.2, -0.15) is 0 Å². The molecular weight excluding hydrogens is 262 g/mol. The van der Waals surface area contributed by atoms with Gasteiger partial charge in [0.1, 0.15) is 9.84 Å². The van der Waals surface area contributed by atoms with Crippen molar-refractivity contribution >= 4 is 15.7 Å². The van der Waals surface area contributed by atoms with Gasteiger partial charge in [0.2, 0.25) is 5.91 Å². The molecule has 106 valence electrons. The molecule has 1 rings (SSSR count). The van der Waals surface area contributed by atoms with Gasteiger partial charge in [0.05, 0.1) is 5.75 Å². The number of nitrogens with one attached hydrogen (secondary N) is 1. The summed E-state index contributed by atoms with van der Waals surface area (Å²) in [6.45, 7) is 2.63. The summed E-state index contributed by atoms with van der Waals surface area (Å²) in [5, 5.41) is 2.77. The zero-order valence-electron chi connectivity index (χ0n) is 11.4. The molecule has 4 nitrogen and oxygen atoms in total. The Hall–Kier alpha value is -1.36. The second-order valence-corrected chi connectivity index (χ2v) is 7.24. The SMILES string of the molecule is CC(CNC(=O)CCS(C)(=O)=O)Cc1ccccc1. The number of sulfone groups is 1. The number of hydrogen-bond donors (Lipinski definition) is 1. The summed E-state index contributed by atoms with van der Waals surface area (Å²) in [5.74, 6) is 0.0289. The van der Waals surface area contributed by atoms with Gasteiger partial charge in [0, 0.05) is 19.2 Å². The molecule has 0 saturated heterocycles. The Kier molecular flexibility index (Phi) is 6.02. The van der Waals surface area contributed by atoms with Crippen molar-refractivity contribution in [3.8, 4) is 0 Å². The minimum absolute atomic E-state index is 0.0386. The third-order valence-corrected chi connectivity index (χ3v) is 3.72. The van der Waals surface area contributed by atoms with Crippen LogP contribution in [-0.2, 0) is 21.1 Å². The van der Waals surface area contributed by atoms with Crippen LogP contribution in [0, 0.1) is 5.92 Å². The first-order chi connectivity index (χ1) is 8.87. The Morgan fingerprint density at radius 1 is 1.26 bits per heavy atom. The molecule has 1 aromatic carbocycles. The average Bonchev–Trinajstić information content (AvgIpc) is 2.34. The molecule has 0 fully saturated rings. The molecule has 0 saturated carbocycles. The molecule has 1 aromatic rings. The zero-order chi connectivity index (χ0) is 14.3. The van der Waals surface area contributed by atoms with E-state index in [0.717, 1.165) is 12.7 Å². The van der Waals surface area contributed by atoms with E-state index in [-0.39, 0.29) is 18.1 Å². The second-order valence-electron chi connectivity index (χ2n) is 4.98. The molecule has 1 amide bonds. The second kappa shape index (κ2) is 7.28. The van der Waals surface area contributed by atoms with Gasteiger partial charge < -0.3 is 5.32 Å². The Morgan fingerprint density at radius 3 is 2.47 bits per heavy atom. The van der Waals surface area contributed by atoms with Crippen molar-refractivity contribution < 1.29 is 13.2 Å². The van der Waals surface area contributed by atoms with Crippen LogP contribution in [0.25, 0.3) is 0 Å². The molecule has 1 N–H and O–H groups in total. The van der Waals surface area contributed by atoms with E-state index in [0.29, 0.717) is 12.5 Å². The van der Waals surface area contributed by atoms with Crippen LogP contribution >= 0.6 is 0 Å². The van der Waals surface area contributed by atoms with E-state index < -0.39 is 9.84 Å². The van der Waals surface area contributed by atoms with Crippen LogP contribution in [0.1, 0.15) is 18.9 Å². The van der Waals surface area contributed by atoms with Crippen molar-refractivity contribution in [2.45, 2.75) is 19.8 Å². The largest absolute Gasteiger partial charge is 0.356 e. The highest BCUT2D eigenvalue weighted by Gasteiger charge is 2.09. The van der Waals surface area contributed by atoms with Crippen molar-refractivity contribution in [3.05, 3.63) is 35.9 Å². The molecular formula is C14H21NO3S. The lowest BCUT2D eigenvalue weighted by atomic mass is 10.0. The fraction of sp³-hybridized carbons (Fsp3) is 0.500. The summed E-state index contributed by atoms with van der Waals surface area (Å²) >= 11 is 0. The fourth-order valence-electron chi connectivity index (χ4n) is 1.74. The molecule has 0 heterocycles. The Balaban J connectivity index is 2.26. The van der Waals surface area contributed by atoms with Gasteiger partial charge >= 0.3 is 0 Å². The van der Waals surface area contributed by atoms with E-state index in [1.54, 1.807) is 0 Å². The number of carbonyl (C=O) groups is 1. The maximum absolute atomic E-state index is 11.5. The quantitative estimate of drug-likeness (QED) is 0.823. The summed E-state index contributed by atoms with van der Waals surface area (Å²) in [5.41, 5.74) is 1.24. The maximum atomic E-state index is 11.5. The van der Waals surface area contributed by atoms with Crippen LogP contribution < -0.4 is 5.32 Å². The summed E-state index contributed by atoms with van der Waals surface area (Å²) in [4.78, 5) is 11.5. The Labute approximate surface area is 115 Å². The molecule has 0 spiro atoms. The molecule has 0 aliphatic rings. The van der Waals surface area contributed by atoms with E-state index in [1.807, 2.05) is 18.2 Å². The first-order valence-corrected chi connectivity index (χ1v) is 8.41. The van der Waals surface area contributed by atoms with Crippen LogP contribution in [0.2, 0.25) is 0 Å². The maximum Gasteiger partial charge on any atom is 0.221 e. The zero-order valence-corrected chi connectivity index (χ0v) is 12.2. The number of rotatable bonds is 7. The molecule has 0 aliphatic heterocycles. The molecule has 1 unspecified atom stereocenters. The molecule has 0 aromatic heterocycles. The van der Waals surface area contributed by atoms with Gasteiger partial charge in [-0.05, 0) is 17.9 Å². The van der Waals surface area contributed by atoms with Gasteiger partial charge in [0.15, 0.2) is 0 Å². The van der Waals surface area contributed by atoms with Gasteiger partial charge in [-0.1, -0.05) is 37.3 Å². The third-order valence-electron chi connectivity index (χ3n) is 2.77. The first-order valence-electron chi connectivity index (χ1n) is 6.35. The van der Waals surface area contributed by atoms with E-state index in [9.17, 15) is 13.2 Å². The predicted molar refractivity (Wildman–Crippen MR) is 76.6 cm³/mol. The normalized spacial score (nSPS) is 12.9. The van der Waals surface area contributed by atoms with Crippen molar-refractivity contribution in [1.29, 1.82) is 0 Å². The average molecular weight is 283 g/mol. The minimum atomic E-state index is -3.07. The lowest BCUT2D eigenvalue weighted by Gasteiger charge is -2.12. The monoisotopic (exact) mass is 283 g/mol. The third kappa shape index (κ3) is 7.62. The van der Waals surface area contributed by atoms with Crippen LogP contribution in [0.3, 0.4) is 0 Å².